The fourth-order valence-electron chi connectivity index (χ4n) is 2.03. The molecule has 0 aliphatic heterocycles. The highest BCUT2D eigenvalue weighted by molar-refractivity contribution is 6.01. The molecule has 1 aromatic heterocycles. The standard InChI is InChI=1S/C18H16F3NO4/c1-25-17(24)11-9-15-7-6-14(26-15)8-10-16(23)22-13-4-2-12(3-5-13)18(19,20)21/h2-8,10H,9,11H2,1H3,(H,22,23)/b10-8+. The van der Waals surface area contributed by atoms with Gasteiger partial charge in [-0.2, -0.15) is 13.2 Å². The first-order chi connectivity index (χ1) is 12.3. The second-order valence-electron chi connectivity index (χ2n) is 5.28. The fourth-order valence-corrected chi connectivity index (χ4v) is 2.03. The van der Waals surface area contributed by atoms with Gasteiger partial charge >= 0.3 is 12.1 Å². The van der Waals surface area contributed by atoms with Crippen molar-refractivity contribution in [1.29, 1.82) is 0 Å². The smallest absolute Gasteiger partial charge is 0.416 e. The number of benzene rings is 1. The number of furan rings is 1. The van der Waals surface area contributed by atoms with Crippen molar-refractivity contribution in [3.63, 3.8) is 0 Å². The Bertz CT molecular complexity index is 792. The molecule has 0 atom stereocenters. The molecule has 0 unspecified atom stereocenters. The summed E-state index contributed by atoms with van der Waals surface area (Å²) >= 11 is 0. The van der Waals surface area contributed by atoms with Gasteiger partial charge in [0.05, 0.1) is 19.1 Å². The van der Waals surface area contributed by atoms with E-state index >= 15 is 0 Å². The number of hydrogen-bond donors (Lipinski definition) is 1. The summed E-state index contributed by atoms with van der Waals surface area (Å²) in [5.74, 6) is 0.109. The van der Waals surface area contributed by atoms with Gasteiger partial charge in [-0.05, 0) is 42.5 Å². The Labute approximate surface area is 147 Å². The third kappa shape index (κ3) is 5.80. The number of rotatable bonds is 6. The second-order valence-corrected chi connectivity index (χ2v) is 5.28. The number of carbonyl (C=O) groups excluding carboxylic acids is 2. The molecule has 8 heteroatoms. The van der Waals surface area contributed by atoms with Crippen LogP contribution >= 0.6 is 0 Å². The van der Waals surface area contributed by atoms with Crippen molar-refractivity contribution in [3.8, 4) is 0 Å². The number of methoxy groups -OCH3 is 1. The molecule has 5 nitrogen and oxygen atoms in total. The zero-order valence-corrected chi connectivity index (χ0v) is 13.8. The van der Waals surface area contributed by atoms with E-state index in [0.717, 1.165) is 12.1 Å². The van der Waals surface area contributed by atoms with E-state index in [1.807, 2.05) is 0 Å². The lowest BCUT2D eigenvalue weighted by molar-refractivity contribution is -0.140. The topological polar surface area (TPSA) is 68.5 Å². The highest BCUT2D eigenvalue weighted by Crippen LogP contribution is 2.29. The molecule has 1 aromatic carbocycles. The molecular weight excluding hydrogens is 351 g/mol. The largest absolute Gasteiger partial charge is 0.469 e. The molecule has 0 radical (unpaired) electrons. The molecule has 0 aliphatic carbocycles. The number of ether oxygens (including phenoxy) is 1. The van der Waals surface area contributed by atoms with Gasteiger partial charge in [-0.3, -0.25) is 9.59 Å². The van der Waals surface area contributed by atoms with Crippen LogP contribution in [0, 0.1) is 0 Å². The average Bonchev–Trinajstić information content (AvgIpc) is 3.05. The number of nitrogens with one attached hydrogen (secondary N) is 1. The Balaban J connectivity index is 1.89. The number of carbonyl (C=O) groups is 2. The van der Waals surface area contributed by atoms with E-state index in [-0.39, 0.29) is 18.1 Å². The Morgan fingerprint density at radius 1 is 1.15 bits per heavy atom. The van der Waals surface area contributed by atoms with Crippen LogP contribution in [0.2, 0.25) is 0 Å². The number of halogens is 3. The molecule has 0 fully saturated rings. The highest BCUT2D eigenvalue weighted by Gasteiger charge is 2.29. The summed E-state index contributed by atoms with van der Waals surface area (Å²) in [5, 5.41) is 2.45. The SMILES string of the molecule is COC(=O)CCc1ccc(/C=C/C(=O)Nc2ccc(C(F)(F)F)cc2)o1. The highest BCUT2D eigenvalue weighted by atomic mass is 19.4. The third-order valence-electron chi connectivity index (χ3n) is 3.36. The molecule has 0 saturated heterocycles. The van der Waals surface area contributed by atoms with E-state index in [4.69, 9.17) is 4.42 Å². The van der Waals surface area contributed by atoms with Gasteiger partial charge in [0.15, 0.2) is 0 Å². The molecule has 0 bridgehead atoms. The van der Waals surface area contributed by atoms with Crippen LogP contribution < -0.4 is 5.32 Å². The van der Waals surface area contributed by atoms with Crippen LogP contribution in [0.5, 0.6) is 0 Å². The number of anilines is 1. The van der Waals surface area contributed by atoms with E-state index in [2.05, 4.69) is 10.1 Å². The normalized spacial score (nSPS) is 11.5. The molecule has 2 rings (SSSR count). The maximum atomic E-state index is 12.5. The van der Waals surface area contributed by atoms with Crippen molar-refractivity contribution in [2.75, 3.05) is 12.4 Å². The fraction of sp³-hybridized carbons (Fsp3) is 0.222. The molecule has 0 spiro atoms. The van der Waals surface area contributed by atoms with E-state index in [9.17, 15) is 22.8 Å². The van der Waals surface area contributed by atoms with Crippen molar-refractivity contribution in [2.45, 2.75) is 19.0 Å². The number of hydrogen-bond acceptors (Lipinski definition) is 4. The van der Waals surface area contributed by atoms with Crippen molar-refractivity contribution in [2.24, 2.45) is 0 Å². The zero-order valence-electron chi connectivity index (χ0n) is 13.8. The first-order valence-corrected chi connectivity index (χ1v) is 7.60. The van der Waals surface area contributed by atoms with Crippen LogP contribution in [-0.2, 0) is 26.9 Å². The molecule has 26 heavy (non-hydrogen) atoms. The molecule has 1 heterocycles. The van der Waals surface area contributed by atoms with Crippen molar-refractivity contribution < 1.29 is 31.9 Å². The summed E-state index contributed by atoms with van der Waals surface area (Å²) in [4.78, 5) is 22.9. The molecule has 1 N–H and O–H groups in total. The maximum Gasteiger partial charge on any atom is 0.416 e. The van der Waals surface area contributed by atoms with Crippen LogP contribution in [0.4, 0.5) is 18.9 Å². The van der Waals surface area contributed by atoms with Crippen LogP contribution in [0.25, 0.3) is 6.08 Å². The van der Waals surface area contributed by atoms with Crippen LogP contribution in [0.3, 0.4) is 0 Å². The Kier molecular flexibility index (Phi) is 6.21. The van der Waals surface area contributed by atoms with E-state index < -0.39 is 17.6 Å². The van der Waals surface area contributed by atoms with E-state index in [1.165, 1.54) is 31.4 Å². The number of amides is 1. The summed E-state index contributed by atoms with van der Waals surface area (Å²) in [5.41, 5.74) is -0.549. The second kappa shape index (κ2) is 8.37. The lowest BCUT2D eigenvalue weighted by atomic mass is 10.2. The van der Waals surface area contributed by atoms with Gasteiger partial charge in [-0.15, -0.1) is 0 Å². The molecule has 0 saturated carbocycles. The summed E-state index contributed by atoms with van der Waals surface area (Å²) in [7, 11) is 1.30. The van der Waals surface area contributed by atoms with Gasteiger partial charge in [0.2, 0.25) is 5.91 Å². The Morgan fingerprint density at radius 2 is 1.85 bits per heavy atom. The predicted molar refractivity (Wildman–Crippen MR) is 88.2 cm³/mol. The summed E-state index contributed by atoms with van der Waals surface area (Å²) < 4.78 is 47.4. The molecule has 138 valence electrons. The lowest BCUT2D eigenvalue weighted by Gasteiger charge is -2.07. The quantitative estimate of drug-likeness (QED) is 0.618. The van der Waals surface area contributed by atoms with Crippen molar-refractivity contribution in [1.82, 2.24) is 0 Å². The van der Waals surface area contributed by atoms with Gasteiger partial charge < -0.3 is 14.5 Å². The lowest BCUT2D eigenvalue weighted by Crippen LogP contribution is -2.09. The number of aryl methyl sites for hydroxylation is 1. The number of alkyl halides is 3. The van der Waals surface area contributed by atoms with Crippen molar-refractivity contribution in [3.05, 3.63) is 59.6 Å². The Hall–Kier alpha value is -3.03. The first kappa shape index (κ1) is 19.3. The number of esters is 1. The molecule has 2 aromatic rings. The van der Waals surface area contributed by atoms with E-state index in [0.29, 0.717) is 17.9 Å². The van der Waals surface area contributed by atoms with Crippen LogP contribution in [0.15, 0.2) is 46.9 Å². The summed E-state index contributed by atoms with van der Waals surface area (Å²) in [6.45, 7) is 0. The zero-order chi connectivity index (χ0) is 19.2. The molecule has 0 aliphatic rings. The predicted octanol–water partition coefficient (Wildman–Crippen LogP) is 4.06. The summed E-state index contributed by atoms with van der Waals surface area (Å²) in [6, 6.07) is 7.43. The first-order valence-electron chi connectivity index (χ1n) is 7.60. The molecular formula is C18H16F3NO4. The Morgan fingerprint density at radius 3 is 2.46 bits per heavy atom. The van der Waals surface area contributed by atoms with Gasteiger partial charge in [0.25, 0.3) is 0 Å². The maximum absolute atomic E-state index is 12.5. The van der Waals surface area contributed by atoms with E-state index in [1.54, 1.807) is 12.1 Å². The average molecular weight is 367 g/mol. The van der Waals surface area contributed by atoms with Crippen LogP contribution in [0.1, 0.15) is 23.5 Å². The summed E-state index contributed by atoms with van der Waals surface area (Å²) in [6.07, 6.45) is -1.26. The van der Waals surface area contributed by atoms with Gasteiger partial charge in [0.1, 0.15) is 11.5 Å². The van der Waals surface area contributed by atoms with Crippen molar-refractivity contribution >= 4 is 23.6 Å². The van der Waals surface area contributed by atoms with Gasteiger partial charge in [0, 0.05) is 18.2 Å². The minimum absolute atomic E-state index is 0.182. The minimum atomic E-state index is -4.42. The minimum Gasteiger partial charge on any atom is -0.469 e. The van der Waals surface area contributed by atoms with Gasteiger partial charge in [-0.25, -0.2) is 0 Å². The monoisotopic (exact) mass is 367 g/mol. The molecule has 1 amide bonds. The van der Waals surface area contributed by atoms with Gasteiger partial charge in [-0.1, -0.05) is 0 Å². The van der Waals surface area contributed by atoms with Crippen LogP contribution in [-0.4, -0.2) is 19.0 Å². The third-order valence-corrected chi connectivity index (χ3v) is 3.36.